The molecule has 7 heteroatoms. The van der Waals surface area contributed by atoms with Crippen molar-refractivity contribution in [1.82, 2.24) is 10.6 Å². The van der Waals surface area contributed by atoms with Crippen molar-refractivity contribution < 1.29 is 23.9 Å². The average Bonchev–Trinajstić information content (AvgIpc) is 2.80. The minimum absolute atomic E-state index is 0.287. The van der Waals surface area contributed by atoms with E-state index >= 15 is 0 Å². The van der Waals surface area contributed by atoms with E-state index in [1.807, 2.05) is 0 Å². The molecular formula is C13H18N2O5. The number of carbonyl (C=O) groups is 3. The van der Waals surface area contributed by atoms with Crippen LogP contribution in [-0.2, 0) is 9.59 Å². The molecule has 3 amide bonds. The predicted octanol–water partition coefficient (Wildman–Crippen LogP) is 1.67. The highest BCUT2D eigenvalue weighted by Crippen LogP contribution is 2.20. The topological polar surface area (TPSA) is 109 Å². The van der Waals surface area contributed by atoms with Crippen molar-refractivity contribution in [1.29, 1.82) is 0 Å². The van der Waals surface area contributed by atoms with Crippen molar-refractivity contribution in [3.8, 4) is 0 Å². The van der Waals surface area contributed by atoms with E-state index in [-0.39, 0.29) is 6.42 Å². The zero-order valence-electron chi connectivity index (χ0n) is 11.6. The molecule has 1 heterocycles. The van der Waals surface area contributed by atoms with Crippen molar-refractivity contribution in [2.75, 3.05) is 0 Å². The highest BCUT2D eigenvalue weighted by Gasteiger charge is 2.30. The summed E-state index contributed by atoms with van der Waals surface area (Å²) in [4.78, 5) is 34.0. The number of carbonyl (C=O) groups excluding carboxylic acids is 2. The van der Waals surface area contributed by atoms with E-state index in [2.05, 4.69) is 10.6 Å². The van der Waals surface area contributed by atoms with Gasteiger partial charge >= 0.3 is 12.0 Å². The third kappa shape index (κ3) is 4.42. The fourth-order valence-electron chi connectivity index (χ4n) is 1.49. The molecule has 1 unspecified atom stereocenters. The standard InChI is InChI=1S/C13H18N2O5/c1-8(9-5-4-6-20-9)14-12(19)15-10(16)7-13(2,3)11(17)18/h4-6,8H,7H2,1-3H3,(H,17,18)(H2,14,15,16,19). The van der Waals surface area contributed by atoms with Gasteiger partial charge in [-0.2, -0.15) is 0 Å². The molecule has 0 bridgehead atoms. The summed E-state index contributed by atoms with van der Waals surface area (Å²) < 4.78 is 5.11. The van der Waals surface area contributed by atoms with Gasteiger partial charge in [-0.15, -0.1) is 0 Å². The van der Waals surface area contributed by atoms with Gasteiger partial charge in [-0.3, -0.25) is 14.9 Å². The fraction of sp³-hybridized carbons (Fsp3) is 0.462. The maximum absolute atomic E-state index is 11.6. The van der Waals surface area contributed by atoms with Gasteiger partial charge in [0.1, 0.15) is 5.76 Å². The second-order valence-corrected chi connectivity index (χ2v) is 5.12. The molecule has 20 heavy (non-hydrogen) atoms. The summed E-state index contributed by atoms with van der Waals surface area (Å²) in [5, 5.41) is 13.5. The zero-order valence-corrected chi connectivity index (χ0v) is 11.6. The Morgan fingerprint density at radius 1 is 1.40 bits per heavy atom. The fourth-order valence-corrected chi connectivity index (χ4v) is 1.49. The molecule has 1 aromatic heterocycles. The van der Waals surface area contributed by atoms with E-state index in [9.17, 15) is 14.4 Å². The lowest BCUT2D eigenvalue weighted by atomic mass is 9.89. The number of hydrogen-bond acceptors (Lipinski definition) is 4. The van der Waals surface area contributed by atoms with E-state index in [0.29, 0.717) is 5.76 Å². The summed E-state index contributed by atoms with van der Waals surface area (Å²) in [5.74, 6) is -1.20. The van der Waals surface area contributed by atoms with E-state index in [4.69, 9.17) is 9.52 Å². The van der Waals surface area contributed by atoms with Crippen LogP contribution in [-0.4, -0.2) is 23.0 Å². The lowest BCUT2D eigenvalue weighted by Crippen LogP contribution is -2.42. The van der Waals surface area contributed by atoms with Crippen LogP contribution in [0.25, 0.3) is 0 Å². The Balaban J connectivity index is 2.46. The second-order valence-electron chi connectivity index (χ2n) is 5.12. The predicted molar refractivity (Wildman–Crippen MR) is 69.8 cm³/mol. The van der Waals surface area contributed by atoms with E-state index in [0.717, 1.165) is 0 Å². The van der Waals surface area contributed by atoms with Gasteiger partial charge in [0, 0.05) is 6.42 Å². The Labute approximate surface area is 116 Å². The van der Waals surface area contributed by atoms with Gasteiger partial charge in [-0.05, 0) is 32.9 Å². The average molecular weight is 282 g/mol. The van der Waals surface area contributed by atoms with Crippen molar-refractivity contribution in [2.24, 2.45) is 5.41 Å². The van der Waals surface area contributed by atoms with Crippen LogP contribution in [0.2, 0.25) is 0 Å². The lowest BCUT2D eigenvalue weighted by molar-refractivity contribution is -0.149. The largest absolute Gasteiger partial charge is 0.481 e. The molecule has 0 aromatic carbocycles. The molecule has 1 atom stereocenters. The summed E-state index contributed by atoms with van der Waals surface area (Å²) in [6.07, 6.45) is 1.19. The zero-order chi connectivity index (χ0) is 15.3. The second kappa shape index (κ2) is 6.23. The van der Waals surface area contributed by atoms with Crippen LogP contribution >= 0.6 is 0 Å². The number of urea groups is 1. The molecule has 0 aliphatic carbocycles. The maximum atomic E-state index is 11.6. The van der Waals surface area contributed by atoms with Gasteiger partial charge in [0.05, 0.1) is 17.7 Å². The third-order valence-electron chi connectivity index (χ3n) is 2.75. The normalized spacial score (nSPS) is 12.6. The first-order valence-electron chi connectivity index (χ1n) is 6.09. The monoisotopic (exact) mass is 282 g/mol. The summed E-state index contributed by atoms with van der Waals surface area (Å²) in [6.45, 7) is 4.53. The molecule has 3 N–H and O–H groups in total. The highest BCUT2D eigenvalue weighted by atomic mass is 16.4. The minimum atomic E-state index is -1.23. The molecular weight excluding hydrogens is 264 g/mol. The van der Waals surface area contributed by atoms with Gasteiger partial charge in [0.2, 0.25) is 5.91 Å². The Bertz CT molecular complexity index is 493. The van der Waals surface area contributed by atoms with E-state index in [1.54, 1.807) is 19.1 Å². The molecule has 0 spiro atoms. The molecule has 0 aliphatic rings. The molecule has 110 valence electrons. The molecule has 0 saturated carbocycles. The number of carboxylic acid groups (broad SMARTS) is 1. The van der Waals surface area contributed by atoms with E-state index < -0.39 is 29.4 Å². The summed E-state index contributed by atoms with van der Waals surface area (Å²) in [6, 6.07) is 2.29. The van der Waals surface area contributed by atoms with Crippen LogP contribution in [0, 0.1) is 5.41 Å². The summed E-state index contributed by atoms with van der Waals surface area (Å²) in [5.41, 5.74) is -1.23. The molecule has 1 rings (SSSR count). The summed E-state index contributed by atoms with van der Waals surface area (Å²) >= 11 is 0. The Hall–Kier alpha value is -2.31. The van der Waals surface area contributed by atoms with Gasteiger partial charge in [-0.1, -0.05) is 0 Å². The number of imide groups is 1. The molecule has 7 nitrogen and oxygen atoms in total. The van der Waals surface area contributed by atoms with Gasteiger partial charge < -0.3 is 14.8 Å². The van der Waals surface area contributed by atoms with E-state index in [1.165, 1.54) is 20.1 Å². The number of aliphatic carboxylic acids is 1. The number of furan rings is 1. The maximum Gasteiger partial charge on any atom is 0.322 e. The molecule has 0 saturated heterocycles. The quantitative estimate of drug-likeness (QED) is 0.761. The first-order chi connectivity index (χ1) is 9.22. The van der Waals surface area contributed by atoms with Crippen LogP contribution in [0.4, 0.5) is 4.79 Å². The molecule has 0 fully saturated rings. The van der Waals surface area contributed by atoms with Crippen molar-refractivity contribution in [3.05, 3.63) is 24.2 Å². The van der Waals surface area contributed by atoms with Gasteiger partial charge in [0.15, 0.2) is 0 Å². The number of nitrogens with one attached hydrogen (secondary N) is 2. The number of carboxylic acids is 1. The number of amides is 3. The lowest BCUT2D eigenvalue weighted by Gasteiger charge is -2.18. The third-order valence-corrected chi connectivity index (χ3v) is 2.75. The minimum Gasteiger partial charge on any atom is -0.481 e. The Morgan fingerprint density at radius 3 is 2.55 bits per heavy atom. The Kier molecular flexibility index (Phi) is 4.90. The van der Waals surface area contributed by atoms with Crippen LogP contribution < -0.4 is 10.6 Å². The van der Waals surface area contributed by atoms with Crippen molar-refractivity contribution >= 4 is 17.9 Å². The first-order valence-corrected chi connectivity index (χ1v) is 6.09. The van der Waals surface area contributed by atoms with Crippen LogP contribution in [0.5, 0.6) is 0 Å². The van der Waals surface area contributed by atoms with Crippen LogP contribution in [0.15, 0.2) is 22.8 Å². The smallest absolute Gasteiger partial charge is 0.322 e. The number of hydrogen-bond donors (Lipinski definition) is 3. The molecule has 0 radical (unpaired) electrons. The molecule has 0 aliphatic heterocycles. The van der Waals surface area contributed by atoms with Gasteiger partial charge in [-0.25, -0.2) is 4.79 Å². The van der Waals surface area contributed by atoms with Crippen molar-refractivity contribution in [2.45, 2.75) is 33.2 Å². The molecule has 1 aromatic rings. The highest BCUT2D eigenvalue weighted by molar-refractivity contribution is 5.96. The Morgan fingerprint density at radius 2 is 2.05 bits per heavy atom. The van der Waals surface area contributed by atoms with Crippen molar-refractivity contribution in [3.63, 3.8) is 0 Å². The van der Waals surface area contributed by atoms with Crippen LogP contribution in [0.3, 0.4) is 0 Å². The number of rotatable bonds is 5. The first kappa shape index (κ1) is 15.7. The summed E-state index contributed by atoms with van der Waals surface area (Å²) in [7, 11) is 0. The van der Waals surface area contributed by atoms with Gasteiger partial charge in [0.25, 0.3) is 0 Å². The SMILES string of the molecule is CC(NC(=O)NC(=O)CC(C)(C)C(=O)O)c1ccco1. The van der Waals surface area contributed by atoms with Crippen LogP contribution in [0.1, 0.15) is 39.0 Å².